The highest BCUT2D eigenvalue weighted by Gasteiger charge is 2.46. The van der Waals surface area contributed by atoms with Crippen molar-refractivity contribution in [2.75, 3.05) is 79.8 Å². The molecule has 5 aliphatic rings. The van der Waals surface area contributed by atoms with E-state index in [2.05, 4.69) is 46.4 Å². The van der Waals surface area contributed by atoms with Gasteiger partial charge in [-0.05, 0) is 76.2 Å². The molecule has 4 saturated heterocycles. The number of carbonyl (C=O) groups is 6. The number of nitrogens with zero attached hydrogens (tertiary/aromatic N) is 6. The van der Waals surface area contributed by atoms with Crippen molar-refractivity contribution in [1.29, 1.82) is 0 Å². The lowest BCUT2D eigenvalue weighted by Crippen LogP contribution is -2.66. The van der Waals surface area contributed by atoms with Crippen LogP contribution in [0.5, 0.6) is 0 Å². The van der Waals surface area contributed by atoms with Gasteiger partial charge >= 0.3 is 0 Å². The lowest BCUT2D eigenvalue weighted by molar-refractivity contribution is -0.136. The van der Waals surface area contributed by atoms with Crippen LogP contribution in [0, 0.1) is 17.0 Å². The van der Waals surface area contributed by atoms with Crippen LogP contribution in [0.2, 0.25) is 0 Å². The molecule has 4 fully saturated rings. The number of rotatable bonds is 19. The molecular weight excluding hydrogens is 889 g/mol. The number of fused-ring (bicyclic) bond motifs is 1. The van der Waals surface area contributed by atoms with E-state index in [0.717, 1.165) is 62.1 Å². The SMILES string of the molecule is CNc1cc(N2CCC3(CC2)CN(c2cc(F)c(CN4CCC(C)(C(=O)NCCCCCCCCCCNc5cccc6c5C(=O)N(C5CCC(=O)NC5=O)C6=O)CC4)cc2F)CC(=O)N3)ncn1. The number of carbonyl (C=O) groups excluding carboxylic acids is 6. The van der Waals surface area contributed by atoms with Crippen molar-refractivity contribution in [3.05, 3.63) is 71.1 Å². The average Bonchev–Trinajstić information content (AvgIpc) is 3.59. The molecule has 5 aliphatic heterocycles. The molecule has 6 amide bonds. The van der Waals surface area contributed by atoms with E-state index in [-0.39, 0.29) is 60.1 Å². The number of anilines is 4. The van der Waals surface area contributed by atoms with Crippen molar-refractivity contribution in [2.24, 2.45) is 5.41 Å². The summed E-state index contributed by atoms with van der Waals surface area (Å²) >= 11 is 0. The number of amides is 6. The molecule has 8 rings (SSSR count). The fraction of sp³-hybridized carbons (Fsp3) is 0.560. The molecule has 1 spiro atoms. The van der Waals surface area contributed by atoms with Crippen molar-refractivity contribution in [3.63, 3.8) is 0 Å². The van der Waals surface area contributed by atoms with Crippen LogP contribution < -0.4 is 36.4 Å². The van der Waals surface area contributed by atoms with E-state index in [9.17, 15) is 28.8 Å². The minimum Gasteiger partial charge on any atom is -0.384 e. The third kappa shape index (κ3) is 11.3. The number of piperazine rings is 1. The highest BCUT2D eigenvalue weighted by atomic mass is 19.1. The van der Waals surface area contributed by atoms with Gasteiger partial charge in [0.1, 0.15) is 35.6 Å². The Morgan fingerprint density at radius 3 is 2.23 bits per heavy atom. The number of aromatic nitrogens is 2. The number of nitrogens with one attached hydrogen (secondary N) is 5. The average molecular weight is 954 g/mol. The number of hydrogen-bond acceptors (Lipinski definition) is 13. The molecule has 370 valence electrons. The summed E-state index contributed by atoms with van der Waals surface area (Å²) in [4.78, 5) is 92.1. The largest absolute Gasteiger partial charge is 0.384 e. The third-order valence-electron chi connectivity index (χ3n) is 14.7. The van der Waals surface area contributed by atoms with Crippen LogP contribution in [0.25, 0.3) is 0 Å². The van der Waals surface area contributed by atoms with Crippen LogP contribution in [0.4, 0.5) is 31.8 Å². The molecule has 0 saturated carbocycles. The smallest absolute Gasteiger partial charge is 0.264 e. The molecule has 0 bridgehead atoms. The summed E-state index contributed by atoms with van der Waals surface area (Å²) in [5, 5.41) is 14.9. The van der Waals surface area contributed by atoms with E-state index in [1.165, 1.54) is 18.5 Å². The molecule has 1 aromatic heterocycles. The summed E-state index contributed by atoms with van der Waals surface area (Å²) < 4.78 is 31.5. The van der Waals surface area contributed by atoms with Crippen LogP contribution >= 0.6 is 0 Å². The number of halogens is 2. The van der Waals surface area contributed by atoms with Crippen LogP contribution in [-0.2, 0) is 25.7 Å². The Balaban J connectivity index is 0.690. The second-order valence-corrected chi connectivity index (χ2v) is 19.6. The van der Waals surface area contributed by atoms with Gasteiger partial charge in [0.15, 0.2) is 0 Å². The third-order valence-corrected chi connectivity index (χ3v) is 14.7. The lowest BCUT2D eigenvalue weighted by atomic mass is 9.79. The Morgan fingerprint density at radius 1 is 0.812 bits per heavy atom. The number of benzene rings is 2. The molecule has 17 nitrogen and oxygen atoms in total. The first-order valence-electron chi connectivity index (χ1n) is 24.6. The van der Waals surface area contributed by atoms with Gasteiger partial charge in [-0.25, -0.2) is 18.7 Å². The molecular formula is C50H65F2N11O6. The molecule has 2 aromatic carbocycles. The quantitative estimate of drug-likeness (QED) is 0.0784. The predicted molar refractivity (Wildman–Crippen MR) is 257 cm³/mol. The van der Waals surface area contributed by atoms with Crippen molar-refractivity contribution in [3.8, 4) is 0 Å². The zero-order chi connectivity index (χ0) is 48.7. The van der Waals surface area contributed by atoms with E-state index in [4.69, 9.17) is 0 Å². The van der Waals surface area contributed by atoms with Crippen molar-refractivity contribution < 1.29 is 37.5 Å². The molecule has 6 heterocycles. The number of unbranched alkanes of at least 4 members (excludes halogenated alkanes) is 7. The highest BCUT2D eigenvalue weighted by molar-refractivity contribution is 6.25. The summed E-state index contributed by atoms with van der Waals surface area (Å²) in [6, 6.07) is 8.44. The standard InChI is InChI=1S/C50H65F2N11O6/c1-49(48(69)55-21-10-8-6-4-3-5-7-9-20-54-37-13-11-12-34-44(37)47(68)63(46(34)67)38-14-15-42(64)58-45(38)66)16-22-60(23-17-49)29-33-26-36(52)39(27-35(33)51)62-30-43(65)59-50(31-62)18-24-61(25-19-50)41-28-40(53-2)56-32-57-41/h11-13,26-28,32,38,54H,3-10,14-25,29-31H2,1-2H3,(H,55,69)(H,59,65)(H,53,56,57)(H,58,64,66). The lowest BCUT2D eigenvalue weighted by Gasteiger charge is -2.48. The summed E-state index contributed by atoms with van der Waals surface area (Å²) in [7, 11) is 1.80. The second kappa shape index (κ2) is 21.6. The Hall–Kier alpha value is -6.24. The Morgan fingerprint density at radius 2 is 1.52 bits per heavy atom. The van der Waals surface area contributed by atoms with E-state index >= 15 is 8.78 Å². The molecule has 3 aromatic rings. The number of piperidine rings is 3. The first kappa shape index (κ1) is 49.2. The fourth-order valence-electron chi connectivity index (χ4n) is 10.5. The van der Waals surface area contributed by atoms with Gasteiger partial charge in [-0.1, -0.05) is 51.5 Å². The van der Waals surface area contributed by atoms with Gasteiger partial charge in [-0.3, -0.25) is 43.9 Å². The first-order valence-corrected chi connectivity index (χ1v) is 24.6. The summed E-state index contributed by atoms with van der Waals surface area (Å²) in [6.07, 6.45) is 12.3. The van der Waals surface area contributed by atoms with Crippen molar-refractivity contribution in [1.82, 2.24) is 35.7 Å². The fourth-order valence-corrected chi connectivity index (χ4v) is 10.5. The molecule has 0 radical (unpaired) electrons. The second-order valence-electron chi connectivity index (χ2n) is 19.6. The van der Waals surface area contributed by atoms with Gasteiger partial charge in [0, 0.05) is 81.5 Å². The maximum absolute atomic E-state index is 15.8. The predicted octanol–water partition coefficient (Wildman–Crippen LogP) is 5.12. The number of imide groups is 2. The van der Waals surface area contributed by atoms with Crippen LogP contribution in [0.3, 0.4) is 0 Å². The Bertz CT molecular complexity index is 2420. The molecule has 0 aliphatic carbocycles. The van der Waals surface area contributed by atoms with Gasteiger partial charge in [0.2, 0.25) is 23.6 Å². The summed E-state index contributed by atoms with van der Waals surface area (Å²) in [5.41, 5.74) is 0.337. The van der Waals surface area contributed by atoms with Gasteiger partial charge in [0.05, 0.1) is 28.9 Å². The van der Waals surface area contributed by atoms with Gasteiger partial charge in [-0.15, -0.1) is 0 Å². The maximum atomic E-state index is 15.8. The zero-order valence-corrected chi connectivity index (χ0v) is 39.8. The topological polar surface area (TPSA) is 201 Å². The van der Waals surface area contributed by atoms with E-state index in [1.807, 2.05) is 13.0 Å². The molecule has 1 atom stereocenters. The monoisotopic (exact) mass is 954 g/mol. The van der Waals surface area contributed by atoms with Crippen LogP contribution in [0.15, 0.2) is 42.7 Å². The molecule has 1 unspecified atom stereocenters. The highest BCUT2D eigenvalue weighted by Crippen LogP contribution is 2.36. The molecule has 5 N–H and O–H groups in total. The minimum absolute atomic E-state index is 0.0337. The van der Waals surface area contributed by atoms with Crippen LogP contribution in [0.1, 0.15) is 123 Å². The maximum Gasteiger partial charge on any atom is 0.264 e. The Labute approximate surface area is 401 Å². The molecule has 19 heteroatoms. The van der Waals surface area contributed by atoms with Gasteiger partial charge in [0.25, 0.3) is 11.8 Å². The Kier molecular flexibility index (Phi) is 15.4. The summed E-state index contributed by atoms with van der Waals surface area (Å²) in [6.45, 7) is 6.23. The summed E-state index contributed by atoms with van der Waals surface area (Å²) in [5.74, 6) is -1.82. The van der Waals surface area contributed by atoms with Gasteiger partial charge < -0.3 is 31.1 Å². The van der Waals surface area contributed by atoms with Crippen molar-refractivity contribution >= 4 is 58.5 Å². The van der Waals surface area contributed by atoms with E-state index in [1.54, 1.807) is 30.1 Å². The van der Waals surface area contributed by atoms with Crippen molar-refractivity contribution in [2.45, 2.75) is 115 Å². The van der Waals surface area contributed by atoms with E-state index in [0.29, 0.717) is 83.0 Å². The number of hydrogen-bond donors (Lipinski definition) is 5. The normalized spacial score (nSPS) is 20.2. The van der Waals surface area contributed by atoms with Gasteiger partial charge in [-0.2, -0.15) is 0 Å². The first-order chi connectivity index (χ1) is 33.3. The zero-order valence-electron chi connectivity index (χ0n) is 39.8. The van der Waals surface area contributed by atoms with E-state index < -0.39 is 52.3 Å². The molecule has 69 heavy (non-hydrogen) atoms. The minimum atomic E-state index is -0.997. The number of likely N-dealkylation sites (tertiary alicyclic amines) is 1. The van der Waals surface area contributed by atoms with Crippen LogP contribution in [-0.4, -0.2) is 126 Å².